The molecule has 0 unspecified atom stereocenters. The van der Waals surface area contributed by atoms with Crippen LogP contribution < -0.4 is 0 Å². The zero-order chi connectivity index (χ0) is 19.4. The molecule has 3 aliphatic heterocycles. The van der Waals surface area contributed by atoms with Crippen LogP contribution in [-0.2, 0) is 19.6 Å². The minimum atomic E-state index is -3.32. The van der Waals surface area contributed by atoms with Gasteiger partial charge in [-0.15, -0.1) is 0 Å². The quantitative estimate of drug-likeness (QED) is 0.694. The maximum Gasteiger partial charge on any atom is 0.230 e. The van der Waals surface area contributed by atoms with E-state index in [1.165, 1.54) is 6.26 Å². The van der Waals surface area contributed by atoms with Crippen molar-refractivity contribution in [3.8, 4) is 0 Å². The highest BCUT2D eigenvalue weighted by molar-refractivity contribution is 7.88. The maximum atomic E-state index is 13.6. The minimum absolute atomic E-state index is 0.0131. The number of rotatable bonds is 2. The van der Waals surface area contributed by atoms with E-state index in [4.69, 9.17) is 0 Å². The van der Waals surface area contributed by atoms with Crippen molar-refractivity contribution in [1.29, 1.82) is 0 Å². The van der Waals surface area contributed by atoms with Gasteiger partial charge in [-0.1, -0.05) is 0 Å². The Hall–Kier alpha value is -1.15. The van der Waals surface area contributed by atoms with Crippen LogP contribution in [0.25, 0.3) is 0 Å². The zero-order valence-corrected chi connectivity index (χ0v) is 17.3. The predicted molar refractivity (Wildman–Crippen MR) is 101 cm³/mol. The lowest BCUT2D eigenvalue weighted by molar-refractivity contribution is -0.143. The van der Waals surface area contributed by atoms with Gasteiger partial charge in [0.15, 0.2) is 0 Å². The SMILES string of the molecule is CC(=O)N1CCC2(CC1)CC[C@@]1(C(=O)N3CCCC3)CN(S(C)(=O)=O)C[C@@H]21. The van der Waals surface area contributed by atoms with Crippen molar-refractivity contribution >= 4 is 21.8 Å². The molecule has 7 nitrogen and oxygen atoms in total. The molecule has 0 aromatic rings. The fraction of sp³-hybridized carbons (Fsp3) is 0.895. The van der Waals surface area contributed by atoms with Crippen molar-refractivity contribution in [2.45, 2.75) is 45.4 Å². The van der Waals surface area contributed by atoms with Gasteiger partial charge in [-0.05, 0) is 49.9 Å². The van der Waals surface area contributed by atoms with Gasteiger partial charge in [0.25, 0.3) is 0 Å². The third-order valence-electron chi connectivity index (χ3n) is 7.81. The second kappa shape index (κ2) is 6.44. The van der Waals surface area contributed by atoms with Gasteiger partial charge >= 0.3 is 0 Å². The maximum absolute atomic E-state index is 13.6. The number of nitrogens with zero attached hydrogens (tertiary/aromatic N) is 3. The molecule has 0 N–H and O–H groups in total. The molecule has 4 rings (SSSR count). The van der Waals surface area contributed by atoms with Gasteiger partial charge in [0.05, 0.1) is 11.7 Å². The van der Waals surface area contributed by atoms with Gasteiger partial charge in [0.1, 0.15) is 0 Å². The first-order valence-electron chi connectivity index (χ1n) is 10.2. The molecule has 2 amide bonds. The smallest absolute Gasteiger partial charge is 0.230 e. The first kappa shape index (κ1) is 19.2. The van der Waals surface area contributed by atoms with Gasteiger partial charge < -0.3 is 9.80 Å². The highest BCUT2D eigenvalue weighted by Crippen LogP contribution is 2.62. The molecule has 1 saturated carbocycles. The van der Waals surface area contributed by atoms with E-state index in [-0.39, 0.29) is 23.1 Å². The number of fused-ring (bicyclic) bond motifs is 2. The molecular formula is C19H31N3O4S. The summed E-state index contributed by atoms with van der Waals surface area (Å²) in [5.41, 5.74) is -0.577. The average Bonchev–Trinajstić information content (AvgIpc) is 3.32. The van der Waals surface area contributed by atoms with Crippen LogP contribution in [0.3, 0.4) is 0 Å². The molecule has 4 aliphatic rings. The summed E-state index contributed by atoms with van der Waals surface area (Å²) in [6, 6.07) is 0. The Kier molecular flexibility index (Phi) is 4.57. The van der Waals surface area contributed by atoms with Crippen LogP contribution in [0.4, 0.5) is 0 Å². The van der Waals surface area contributed by atoms with Gasteiger partial charge in [-0.25, -0.2) is 12.7 Å². The molecule has 1 spiro atoms. The fourth-order valence-electron chi connectivity index (χ4n) is 6.22. The number of sulfonamides is 1. The van der Waals surface area contributed by atoms with E-state index in [0.717, 1.165) is 64.7 Å². The molecule has 3 saturated heterocycles. The lowest BCUT2D eigenvalue weighted by atomic mass is 9.65. The Labute approximate surface area is 162 Å². The number of hydrogen-bond acceptors (Lipinski definition) is 4. The Balaban J connectivity index is 1.65. The van der Waals surface area contributed by atoms with Crippen molar-refractivity contribution in [3.63, 3.8) is 0 Å². The molecule has 0 radical (unpaired) electrons. The summed E-state index contributed by atoms with van der Waals surface area (Å²) in [4.78, 5) is 29.2. The van der Waals surface area contributed by atoms with Crippen molar-refractivity contribution in [2.75, 3.05) is 45.5 Å². The lowest BCUT2D eigenvalue weighted by Crippen LogP contribution is -2.50. The summed E-state index contributed by atoms with van der Waals surface area (Å²) in [5.74, 6) is 0.357. The van der Waals surface area contributed by atoms with E-state index in [9.17, 15) is 18.0 Å². The van der Waals surface area contributed by atoms with E-state index in [1.807, 2.05) is 9.80 Å². The number of carbonyl (C=O) groups excluding carboxylic acids is 2. The predicted octanol–water partition coefficient (Wildman–Crippen LogP) is 0.909. The lowest BCUT2D eigenvalue weighted by Gasteiger charge is -2.44. The number of hydrogen-bond donors (Lipinski definition) is 0. The second-order valence-corrected chi connectivity index (χ2v) is 11.1. The summed E-state index contributed by atoms with van der Waals surface area (Å²) >= 11 is 0. The van der Waals surface area contributed by atoms with Crippen LogP contribution in [0.5, 0.6) is 0 Å². The van der Waals surface area contributed by atoms with E-state index in [2.05, 4.69) is 0 Å². The van der Waals surface area contributed by atoms with Crippen LogP contribution >= 0.6 is 0 Å². The average molecular weight is 398 g/mol. The first-order chi connectivity index (χ1) is 12.7. The molecule has 2 atom stereocenters. The molecule has 0 bridgehead atoms. The monoisotopic (exact) mass is 397 g/mol. The van der Waals surface area contributed by atoms with Crippen LogP contribution in [0, 0.1) is 16.7 Å². The summed E-state index contributed by atoms with van der Waals surface area (Å²) in [6.45, 7) is 5.45. The first-order valence-corrected chi connectivity index (χ1v) is 12.0. The zero-order valence-electron chi connectivity index (χ0n) is 16.4. The summed E-state index contributed by atoms with van der Waals surface area (Å²) < 4.78 is 26.2. The van der Waals surface area contributed by atoms with E-state index in [0.29, 0.717) is 13.1 Å². The van der Waals surface area contributed by atoms with Crippen LogP contribution in [0.15, 0.2) is 0 Å². The molecule has 4 fully saturated rings. The van der Waals surface area contributed by atoms with Gasteiger partial charge in [0, 0.05) is 46.2 Å². The fourth-order valence-corrected chi connectivity index (χ4v) is 7.11. The molecule has 27 heavy (non-hydrogen) atoms. The van der Waals surface area contributed by atoms with Gasteiger partial charge in [0.2, 0.25) is 21.8 Å². The highest BCUT2D eigenvalue weighted by Gasteiger charge is 2.66. The molecule has 152 valence electrons. The second-order valence-electron chi connectivity index (χ2n) is 9.13. The number of carbonyl (C=O) groups is 2. The Morgan fingerprint density at radius 2 is 1.56 bits per heavy atom. The Morgan fingerprint density at radius 1 is 0.926 bits per heavy atom. The molecule has 0 aromatic carbocycles. The number of piperidine rings is 1. The topological polar surface area (TPSA) is 78.0 Å². The summed E-state index contributed by atoms with van der Waals surface area (Å²) in [6.07, 6.45) is 6.85. The van der Waals surface area contributed by atoms with Gasteiger partial charge in [-0.3, -0.25) is 9.59 Å². The van der Waals surface area contributed by atoms with E-state index >= 15 is 0 Å². The highest BCUT2D eigenvalue weighted by atomic mass is 32.2. The van der Waals surface area contributed by atoms with E-state index in [1.54, 1.807) is 11.2 Å². The van der Waals surface area contributed by atoms with Crippen LogP contribution in [0.1, 0.15) is 45.4 Å². The van der Waals surface area contributed by atoms with Crippen molar-refractivity contribution in [2.24, 2.45) is 16.7 Å². The molecule has 0 aromatic heterocycles. The Bertz CT molecular complexity index is 738. The standard InChI is InChI=1S/C19H31N3O4S/c1-15(23)20-11-7-18(8-12-20)5-6-19(17(24)21-9-3-4-10-21)14-22(13-16(18)19)27(2,25)26/h16H,3-14H2,1-2H3/t16-,19+/m0/s1. The number of amides is 2. The normalized spacial score (nSPS) is 33.6. The summed E-state index contributed by atoms with van der Waals surface area (Å²) in [7, 11) is -3.32. The van der Waals surface area contributed by atoms with Crippen LogP contribution in [0.2, 0.25) is 0 Å². The van der Waals surface area contributed by atoms with E-state index < -0.39 is 15.4 Å². The van der Waals surface area contributed by atoms with Crippen molar-refractivity contribution in [1.82, 2.24) is 14.1 Å². The van der Waals surface area contributed by atoms with Crippen molar-refractivity contribution < 1.29 is 18.0 Å². The Morgan fingerprint density at radius 3 is 2.11 bits per heavy atom. The van der Waals surface area contributed by atoms with Gasteiger partial charge in [-0.2, -0.15) is 0 Å². The third-order valence-corrected chi connectivity index (χ3v) is 9.03. The van der Waals surface area contributed by atoms with Crippen LogP contribution in [-0.4, -0.2) is 79.9 Å². The minimum Gasteiger partial charge on any atom is -0.343 e. The van der Waals surface area contributed by atoms with Crippen molar-refractivity contribution in [3.05, 3.63) is 0 Å². The summed E-state index contributed by atoms with van der Waals surface area (Å²) in [5, 5.41) is 0. The third kappa shape index (κ3) is 2.99. The number of likely N-dealkylation sites (tertiary alicyclic amines) is 2. The molecule has 8 heteroatoms. The molecule has 1 aliphatic carbocycles. The molecule has 3 heterocycles. The largest absolute Gasteiger partial charge is 0.343 e. The molecular weight excluding hydrogens is 366 g/mol.